The molecule has 1 saturated heterocycles. The summed E-state index contributed by atoms with van der Waals surface area (Å²) < 4.78 is 0. The van der Waals surface area contributed by atoms with Crippen LogP contribution in [-0.4, -0.2) is 35.6 Å². The summed E-state index contributed by atoms with van der Waals surface area (Å²) in [5.74, 6) is 0. The van der Waals surface area contributed by atoms with Gasteiger partial charge in [0.25, 0.3) is 0 Å². The van der Waals surface area contributed by atoms with Crippen molar-refractivity contribution in [2.45, 2.75) is 32.4 Å². The molecular weight excluding hydrogens is 246 g/mol. The molecular formula is C17H23N3. The molecule has 1 aliphatic rings. The van der Waals surface area contributed by atoms with E-state index in [1.54, 1.807) is 0 Å². The van der Waals surface area contributed by atoms with E-state index in [-0.39, 0.29) is 0 Å². The minimum absolute atomic E-state index is 0.654. The summed E-state index contributed by atoms with van der Waals surface area (Å²) in [6, 6.07) is 11.3. The zero-order valence-corrected chi connectivity index (χ0v) is 12.2. The molecule has 2 heterocycles. The molecule has 0 saturated carbocycles. The van der Waals surface area contributed by atoms with Gasteiger partial charge < -0.3 is 5.32 Å². The maximum absolute atomic E-state index is 4.45. The van der Waals surface area contributed by atoms with Crippen molar-refractivity contribution in [3.63, 3.8) is 0 Å². The maximum Gasteiger partial charge on any atom is 0.0705 e. The number of nitrogens with one attached hydrogen (secondary N) is 1. The van der Waals surface area contributed by atoms with Gasteiger partial charge in [0.05, 0.1) is 5.52 Å². The predicted octanol–water partition coefficient (Wildman–Crippen LogP) is 2.81. The Morgan fingerprint density at radius 2 is 2.20 bits per heavy atom. The van der Waals surface area contributed by atoms with Crippen molar-refractivity contribution in [3.05, 3.63) is 42.1 Å². The molecule has 1 aromatic heterocycles. The summed E-state index contributed by atoms with van der Waals surface area (Å²) in [6.45, 7) is 6.65. The average molecular weight is 269 g/mol. The first-order valence-corrected chi connectivity index (χ1v) is 7.65. The summed E-state index contributed by atoms with van der Waals surface area (Å²) in [7, 11) is 0. The molecule has 1 unspecified atom stereocenters. The van der Waals surface area contributed by atoms with Gasteiger partial charge in [0.15, 0.2) is 0 Å². The van der Waals surface area contributed by atoms with Crippen LogP contribution >= 0.6 is 0 Å². The van der Waals surface area contributed by atoms with E-state index in [2.05, 4.69) is 52.5 Å². The lowest BCUT2D eigenvalue weighted by Crippen LogP contribution is -2.45. The van der Waals surface area contributed by atoms with Gasteiger partial charge in [-0.05, 0) is 43.6 Å². The van der Waals surface area contributed by atoms with Gasteiger partial charge in [-0.1, -0.05) is 25.1 Å². The highest BCUT2D eigenvalue weighted by molar-refractivity contribution is 5.81. The molecule has 1 atom stereocenters. The molecule has 1 aliphatic heterocycles. The highest BCUT2D eigenvalue weighted by Gasteiger charge is 2.19. The van der Waals surface area contributed by atoms with Crippen molar-refractivity contribution in [2.75, 3.05) is 19.6 Å². The third-order valence-corrected chi connectivity index (χ3v) is 4.13. The molecule has 3 heteroatoms. The van der Waals surface area contributed by atoms with E-state index in [4.69, 9.17) is 0 Å². The number of rotatable bonds is 4. The van der Waals surface area contributed by atoms with E-state index in [9.17, 15) is 0 Å². The Morgan fingerprint density at radius 1 is 1.30 bits per heavy atom. The van der Waals surface area contributed by atoms with Crippen LogP contribution in [0.25, 0.3) is 10.9 Å². The molecule has 0 amide bonds. The summed E-state index contributed by atoms with van der Waals surface area (Å²) in [5.41, 5.74) is 2.50. The molecule has 106 valence electrons. The van der Waals surface area contributed by atoms with Gasteiger partial charge in [0, 0.05) is 30.7 Å². The van der Waals surface area contributed by atoms with Crippen molar-refractivity contribution in [1.29, 1.82) is 0 Å². The van der Waals surface area contributed by atoms with Crippen LogP contribution in [0.5, 0.6) is 0 Å². The third kappa shape index (κ3) is 3.00. The normalized spacial score (nSPS) is 20.4. The number of fused-ring (bicyclic) bond motifs is 1. The van der Waals surface area contributed by atoms with Crippen LogP contribution in [0.1, 0.15) is 25.3 Å². The van der Waals surface area contributed by atoms with Crippen molar-refractivity contribution >= 4 is 10.9 Å². The standard InChI is InChI=1S/C17H23N3/c1-2-18-15-6-5-11-20(13-15)12-14-9-10-19-17-8-4-3-7-16(14)17/h3-4,7-10,15,18H,2,5-6,11-13H2,1H3. The molecule has 0 spiro atoms. The summed E-state index contributed by atoms with van der Waals surface area (Å²) >= 11 is 0. The lowest BCUT2D eigenvalue weighted by molar-refractivity contribution is 0.185. The van der Waals surface area contributed by atoms with E-state index < -0.39 is 0 Å². The molecule has 3 nitrogen and oxygen atoms in total. The van der Waals surface area contributed by atoms with Crippen molar-refractivity contribution < 1.29 is 0 Å². The molecule has 0 bridgehead atoms. The maximum atomic E-state index is 4.45. The van der Waals surface area contributed by atoms with Crippen LogP contribution in [0.3, 0.4) is 0 Å². The highest BCUT2D eigenvalue weighted by atomic mass is 15.2. The molecule has 0 aliphatic carbocycles. The second-order valence-corrected chi connectivity index (χ2v) is 5.62. The van der Waals surface area contributed by atoms with Crippen molar-refractivity contribution in [3.8, 4) is 0 Å². The SMILES string of the molecule is CCNC1CCCN(Cc2ccnc3ccccc23)C1. The number of para-hydroxylation sites is 1. The Hall–Kier alpha value is -1.45. The molecule has 1 fully saturated rings. The van der Waals surface area contributed by atoms with E-state index in [0.29, 0.717) is 6.04 Å². The fraction of sp³-hybridized carbons (Fsp3) is 0.471. The van der Waals surface area contributed by atoms with E-state index >= 15 is 0 Å². The van der Waals surface area contributed by atoms with E-state index in [1.807, 2.05) is 6.20 Å². The van der Waals surface area contributed by atoms with Gasteiger partial charge in [-0.15, -0.1) is 0 Å². The topological polar surface area (TPSA) is 28.2 Å². The fourth-order valence-corrected chi connectivity index (χ4v) is 3.19. The number of benzene rings is 1. The van der Waals surface area contributed by atoms with Gasteiger partial charge in [-0.25, -0.2) is 0 Å². The quantitative estimate of drug-likeness (QED) is 0.925. The van der Waals surface area contributed by atoms with Gasteiger partial charge in [0.1, 0.15) is 0 Å². The number of hydrogen-bond donors (Lipinski definition) is 1. The number of likely N-dealkylation sites (N-methyl/N-ethyl adjacent to an activating group) is 1. The molecule has 2 aromatic rings. The van der Waals surface area contributed by atoms with Crippen LogP contribution in [-0.2, 0) is 6.54 Å². The number of hydrogen-bond acceptors (Lipinski definition) is 3. The second kappa shape index (κ2) is 6.33. The monoisotopic (exact) mass is 269 g/mol. The Kier molecular flexibility index (Phi) is 4.28. The smallest absolute Gasteiger partial charge is 0.0705 e. The third-order valence-electron chi connectivity index (χ3n) is 4.13. The number of pyridine rings is 1. The lowest BCUT2D eigenvalue weighted by Gasteiger charge is -2.33. The van der Waals surface area contributed by atoms with Crippen LogP contribution in [0.2, 0.25) is 0 Å². The zero-order valence-electron chi connectivity index (χ0n) is 12.2. The zero-order chi connectivity index (χ0) is 13.8. The summed E-state index contributed by atoms with van der Waals surface area (Å²) in [4.78, 5) is 7.02. The minimum atomic E-state index is 0.654. The average Bonchev–Trinajstić information content (AvgIpc) is 2.48. The molecule has 1 aromatic carbocycles. The van der Waals surface area contributed by atoms with Crippen LogP contribution in [0, 0.1) is 0 Å². The van der Waals surface area contributed by atoms with Gasteiger partial charge in [0.2, 0.25) is 0 Å². The minimum Gasteiger partial charge on any atom is -0.313 e. The van der Waals surface area contributed by atoms with Gasteiger partial charge in [-0.3, -0.25) is 9.88 Å². The molecule has 3 rings (SSSR count). The molecule has 20 heavy (non-hydrogen) atoms. The van der Waals surface area contributed by atoms with Gasteiger partial charge >= 0.3 is 0 Å². The van der Waals surface area contributed by atoms with Crippen LogP contribution < -0.4 is 5.32 Å². The van der Waals surface area contributed by atoms with Crippen molar-refractivity contribution in [2.24, 2.45) is 0 Å². The Morgan fingerprint density at radius 3 is 3.10 bits per heavy atom. The van der Waals surface area contributed by atoms with E-state index in [0.717, 1.165) is 25.2 Å². The van der Waals surface area contributed by atoms with Gasteiger partial charge in [-0.2, -0.15) is 0 Å². The first kappa shape index (κ1) is 13.5. The molecule has 0 radical (unpaired) electrons. The fourth-order valence-electron chi connectivity index (χ4n) is 3.19. The largest absolute Gasteiger partial charge is 0.313 e. The lowest BCUT2D eigenvalue weighted by atomic mass is 10.0. The first-order valence-electron chi connectivity index (χ1n) is 7.65. The van der Waals surface area contributed by atoms with Crippen LogP contribution in [0.4, 0.5) is 0 Å². The molecule has 1 N–H and O–H groups in total. The number of likely N-dealkylation sites (tertiary alicyclic amines) is 1. The second-order valence-electron chi connectivity index (χ2n) is 5.62. The Labute approximate surface area is 121 Å². The Bertz CT molecular complexity index is 560. The summed E-state index contributed by atoms with van der Waals surface area (Å²) in [6.07, 6.45) is 4.53. The first-order chi connectivity index (χ1) is 9.86. The predicted molar refractivity (Wildman–Crippen MR) is 83.7 cm³/mol. The number of piperidine rings is 1. The number of nitrogens with zero attached hydrogens (tertiary/aromatic N) is 2. The summed E-state index contributed by atoms with van der Waals surface area (Å²) in [5, 5.41) is 4.88. The van der Waals surface area contributed by atoms with Crippen molar-refractivity contribution in [1.82, 2.24) is 15.2 Å². The highest BCUT2D eigenvalue weighted by Crippen LogP contribution is 2.20. The van der Waals surface area contributed by atoms with E-state index in [1.165, 1.54) is 30.3 Å². The Balaban J connectivity index is 1.76. The van der Waals surface area contributed by atoms with Crippen LogP contribution in [0.15, 0.2) is 36.5 Å². The number of aromatic nitrogens is 1.